The van der Waals surface area contributed by atoms with Crippen LogP contribution in [0.1, 0.15) is 47.3 Å². The first kappa shape index (κ1) is 13.8. The van der Waals surface area contributed by atoms with E-state index in [2.05, 4.69) is 19.7 Å². The highest BCUT2D eigenvalue weighted by Gasteiger charge is 2.29. The Balaban J connectivity index is 1.43. The van der Waals surface area contributed by atoms with Gasteiger partial charge in [0.05, 0.1) is 5.02 Å². The molecule has 2 aromatic rings. The molecule has 4 rings (SSSR count). The van der Waals surface area contributed by atoms with E-state index >= 15 is 0 Å². The van der Waals surface area contributed by atoms with Crippen LogP contribution in [0.3, 0.4) is 0 Å². The van der Waals surface area contributed by atoms with E-state index in [4.69, 9.17) is 11.6 Å². The molecule has 0 unspecified atom stereocenters. The largest absolute Gasteiger partial charge is 0.356 e. The maximum Gasteiger partial charge on any atom is 0.270 e. The number of H-pyrrole nitrogens is 1. The Morgan fingerprint density at radius 3 is 2.82 bits per heavy atom. The normalized spacial score (nSPS) is 18.7. The second-order valence-electron chi connectivity index (χ2n) is 6.03. The number of fused-ring (bicyclic) bond motifs is 1. The van der Waals surface area contributed by atoms with Crippen LogP contribution in [0.5, 0.6) is 0 Å². The molecule has 0 spiro atoms. The van der Waals surface area contributed by atoms with Crippen molar-refractivity contribution in [2.24, 2.45) is 0 Å². The third-order valence-corrected chi connectivity index (χ3v) is 4.88. The van der Waals surface area contributed by atoms with Gasteiger partial charge in [-0.05, 0) is 25.3 Å². The van der Waals surface area contributed by atoms with Crippen LogP contribution in [0.25, 0.3) is 0 Å². The summed E-state index contributed by atoms with van der Waals surface area (Å²) in [5, 5.41) is 9.23. The van der Waals surface area contributed by atoms with E-state index in [9.17, 15) is 4.79 Å². The lowest BCUT2D eigenvalue weighted by molar-refractivity contribution is 0.0705. The van der Waals surface area contributed by atoms with Gasteiger partial charge in [-0.1, -0.05) is 11.6 Å². The summed E-state index contributed by atoms with van der Waals surface area (Å²) >= 11 is 5.87. The topological polar surface area (TPSA) is 66.8 Å². The van der Waals surface area contributed by atoms with Gasteiger partial charge in [-0.2, -0.15) is 0 Å². The number of nitrogens with zero attached hydrogens (tertiary/aromatic N) is 4. The molecule has 0 bridgehead atoms. The van der Waals surface area contributed by atoms with Crippen molar-refractivity contribution in [3.8, 4) is 0 Å². The molecule has 0 radical (unpaired) electrons. The lowest BCUT2D eigenvalue weighted by atomic mass is 9.95. The summed E-state index contributed by atoms with van der Waals surface area (Å²) in [7, 11) is 0. The minimum Gasteiger partial charge on any atom is -0.356 e. The Kier molecular flexibility index (Phi) is 3.41. The zero-order valence-corrected chi connectivity index (χ0v) is 13.0. The standard InChI is InChI=1S/C15H18ClN5O/c16-11-8-12(17-9-11)15(22)20-6-3-10(4-7-20)14-19-18-13-2-1-5-21(13)14/h8-10,17H,1-7H2. The van der Waals surface area contributed by atoms with Gasteiger partial charge in [0.2, 0.25) is 0 Å². The van der Waals surface area contributed by atoms with E-state index in [0.29, 0.717) is 16.6 Å². The lowest BCUT2D eigenvalue weighted by Crippen LogP contribution is -2.38. The quantitative estimate of drug-likeness (QED) is 0.923. The third kappa shape index (κ3) is 2.31. The van der Waals surface area contributed by atoms with Crippen LogP contribution in [0.15, 0.2) is 12.3 Å². The second kappa shape index (κ2) is 5.43. The molecule has 1 N–H and O–H groups in total. The number of nitrogens with one attached hydrogen (secondary N) is 1. The van der Waals surface area contributed by atoms with Gasteiger partial charge in [0.15, 0.2) is 0 Å². The molecule has 1 fully saturated rings. The third-order valence-electron chi connectivity index (χ3n) is 4.66. The second-order valence-corrected chi connectivity index (χ2v) is 6.46. The molecule has 6 nitrogen and oxygen atoms in total. The van der Waals surface area contributed by atoms with Crippen molar-refractivity contribution in [2.75, 3.05) is 13.1 Å². The van der Waals surface area contributed by atoms with Crippen LogP contribution in [-0.4, -0.2) is 43.6 Å². The molecular formula is C15H18ClN5O. The summed E-state index contributed by atoms with van der Waals surface area (Å²) in [6, 6.07) is 1.68. The van der Waals surface area contributed by atoms with Crippen molar-refractivity contribution < 1.29 is 4.79 Å². The van der Waals surface area contributed by atoms with Gasteiger partial charge < -0.3 is 14.5 Å². The summed E-state index contributed by atoms with van der Waals surface area (Å²) < 4.78 is 2.27. The zero-order valence-electron chi connectivity index (χ0n) is 12.3. The first-order valence-electron chi connectivity index (χ1n) is 7.77. The average molecular weight is 320 g/mol. The molecule has 0 aliphatic carbocycles. The number of rotatable bonds is 2. The summed E-state index contributed by atoms with van der Waals surface area (Å²) in [5.74, 6) is 2.67. The fraction of sp³-hybridized carbons (Fsp3) is 0.533. The van der Waals surface area contributed by atoms with E-state index in [1.807, 2.05) is 4.90 Å². The molecule has 1 amide bonds. The summed E-state index contributed by atoms with van der Waals surface area (Å²) in [6.07, 6.45) is 5.73. The maximum absolute atomic E-state index is 12.4. The van der Waals surface area contributed by atoms with E-state index in [0.717, 1.165) is 50.5 Å². The first-order valence-corrected chi connectivity index (χ1v) is 8.15. The van der Waals surface area contributed by atoms with Gasteiger partial charge in [-0.15, -0.1) is 10.2 Å². The molecule has 2 aliphatic rings. The molecule has 0 aromatic carbocycles. The fourth-order valence-corrected chi connectivity index (χ4v) is 3.64. The van der Waals surface area contributed by atoms with Gasteiger partial charge in [-0.25, -0.2) is 0 Å². The number of carbonyl (C=O) groups excluding carboxylic acids is 1. The summed E-state index contributed by atoms with van der Waals surface area (Å²) in [4.78, 5) is 17.2. The minimum absolute atomic E-state index is 0.0248. The molecule has 2 aliphatic heterocycles. The Hall–Kier alpha value is -1.82. The first-order chi connectivity index (χ1) is 10.7. The number of halogens is 1. The van der Waals surface area contributed by atoms with E-state index < -0.39 is 0 Å². The molecule has 0 saturated carbocycles. The van der Waals surface area contributed by atoms with Crippen LogP contribution in [0.2, 0.25) is 5.02 Å². The van der Waals surface area contributed by atoms with Gasteiger partial charge in [-0.3, -0.25) is 4.79 Å². The van der Waals surface area contributed by atoms with Gasteiger partial charge in [0.1, 0.15) is 17.3 Å². The van der Waals surface area contributed by atoms with E-state index in [1.165, 1.54) is 6.42 Å². The van der Waals surface area contributed by atoms with Gasteiger partial charge in [0, 0.05) is 38.2 Å². The molecule has 1 saturated heterocycles. The lowest BCUT2D eigenvalue weighted by Gasteiger charge is -2.31. The Morgan fingerprint density at radius 2 is 2.09 bits per heavy atom. The number of aromatic amines is 1. The molecule has 22 heavy (non-hydrogen) atoms. The fourth-order valence-electron chi connectivity index (χ4n) is 3.48. The Labute approximate surface area is 133 Å². The smallest absolute Gasteiger partial charge is 0.270 e. The van der Waals surface area contributed by atoms with Crippen molar-refractivity contribution in [3.05, 3.63) is 34.6 Å². The Bertz CT molecular complexity index is 699. The Morgan fingerprint density at radius 1 is 1.27 bits per heavy atom. The molecule has 116 valence electrons. The SMILES string of the molecule is O=C(c1cc(Cl)c[nH]1)N1CCC(c2nnc3n2CCC3)CC1. The average Bonchev–Trinajstić information content (AvgIpc) is 3.23. The number of hydrogen-bond acceptors (Lipinski definition) is 3. The van der Waals surface area contributed by atoms with Crippen LogP contribution in [-0.2, 0) is 13.0 Å². The molecular weight excluding hydrogens is 302 g/mol. The van der Waals surface area contributed by atoms with Crippen molar-refractivity contribution in [1.29, 1.82) is 0 Å². The van der Waals surface area contributed by atoms with Crippen molar-refractivity contribution >= 4 is 17.5 Å². The predicted octanol–water partition coefficient (Wildman–Crippen LogP) is 2.23. The van der Waals surface area contributed by atoms with Gasteiger partial charge in [0.25, 0.3) is 5.91 Å². The number of hydrogen-bond donors (Lipinski definition) is 1. The highest BCUT2D eigenvalue weighted by molar-refractivity contribution is 6.30. The highest BCUT2D eigenvalue weighted by atomic mass is 35.5. The summed E-state index contributed by atoms with van der Waals surface area (Å²) in [6.45, 7) is 2.54. The predicted molar refractivity (Wildman–Crippen MR) is 82.0 cm³/mol. The van der Waals surface area contributed by atoms with E-state index in [-0.39, 0.29) is 5.91 Å². The number of aromatic nitrogens is 4. The number of likely N-dealkylation sites (tertiary alicyclic amines) is 1. The van der Waals surface area contributed by atoms with Crippen molar-refractivity contribution in [1.82, 2.24) is 24.6 Å². The van der Waals surface area contributed by atoms with Crippen molar-refractivity contribution in [2.45, 2.75) is 38.1 Å². The summed E-state index contributed by atoms with van der Waals surface area (Å²) in [5.41, 5.74) is 0.562. The van der Waals surface area contributed by atoms with Crippen molar-refractivity contribution in [3.63, 3.8) is 0 Å². The number of amides is 1. The molecule has 4 heterocycles. The van der Waals surface area contributed by atoms with Crippen LogP contribution in [0.4, 0.5) is 0 Å². The minimum atomic E-state index is 0.0248. The zero-order chi connectivity index (χ0) is 15.1. The van der Waals surface area contributed by atoms with Crippen LogP contribution in [0, 0.1) is 0 Å². The van der Waals surface area contributed by atoms with E-state index in [1.54, 1.807) is 12.3 Å². The van der Waals surface area contributed by atoms with Gasteiger partial charge >= 0.3 is 0 Å². The number of piperidine rings is 1. The molecule has 0 atom stereocenters. The highest BCUT2D eigenvalue weighted by Crippen LogP contribution is 2.29. The maximum atomic E-state index is 12.4. The number of carbonyl (C=O) groups is 1. The van der Waals surface area contributed by atoms with Crippen LogP contribution < -0.4 is 0 Å². The monoisotopic (exact) mass is 319 g/mol. The molecule has 7 heteroatoms. The number of aryl methyl sites for hydroxylation is 1. The molecule has 2 aromatic heterocycles. The van der Waals surface area contributed by atoms with Crippen LogP contribution >= 0.6 is 11.6 Å².